The quantitative estimate of drug-likeness (QED) is 0.228. The van der Waals surface area contributed by atoms with Crippen LogP contribution in [-0.2, 0) is 0 Å². The minimum atomic E-state index is 0.351. The summed E-state index contributed by atoms with van der Waals surface area (Å²) in [4.78, 5) is 0. The van der Waals surface area contributed by atoms with Gasteiger partial charge in [-0.05, 0) is 49.7 Å². The monoisotopic (exact) mass is 384 g/mol. The summed E-state index contributed by atoms with van der Waals surface area (Å²) in [6.07, 6.45) is 3.23. The fourth-order valence-corrected chi connectivity index (χ4v) is 1.89. The van der Waals surface area contributed by atoms with Crippen molar-refractivity contribution < 1.29 is 0 Å². The van der Waals surface area contributed by atoms with Crippen LogP contribution in [0.4, 0.5) is 0 Å². The van der Waals surface area contributed by atoms with Crippen molar-refractivity contribution in [1.82, 2.24) is 21.3 Å². The molecule has 0 saturated carbocycles. The summed E-state index contributed by atoms with van der Waals surface area (Å²) >= 11 is 0. The summed E-state index contributed by atoms with van der Waals surface area (Å²) in [6.45, 7) is 17.0. The normalized spacial score (nSPS) is 11.4. The van der Waals surface area contributed by atoms with Gasteiger partial charge in [-0.15, -0.1) is 0 Å². The first-order valence-corrected chi connectivity index (χ1v) is 9.57. The SMILES string of the molecule is C=C(N)NC(=C)NCCC#CC#CCCN/C(N/C(N)=C(/C)CC)=C(/C)CC. The minimum absolute atomic E-state index is 0.351. The largest absolute Gasteiger partial charge is 0.386 e. The molecule has 154 valence electrons. The maximum absolute atomic E-state index is 6.10. The van der Waals surface area contributed by atoms with Crippen LogP contribution in [0.5, 0.6) is 0 Å². The smallest absolute Gasteiger partial charge is 0.103 e. The maximum atomic E-state index is 6.10. The number of rotatable bonds is 12. The van der Waals surface area contributed by atoms with E-state index in [1.165, 1.54) is 5.57 Å². The van der Waals surface area contributed by atoms with Gasteiger partial charge in [0.15, 0.2) is 0 Å². The highest BCUT2D eigenvalue weighted by atomic mass is 15.1. The molecule has 0 aromatic carbocycles. The summed E-state index contributed by atoms with van der Waals surface area (Å²) in [5, 5.41) is 12.5. The van der Waals surface area contributed by atoms with E-state index < -0.39 is 0 Å². The Kier molecular flexibility index (Phi) is 13.3. The van der Waals surface area contributed by atoms with Gasteiger partial charge in [0.25, 0.3) is 0 Å². The molecular weight excluding hydrogens is 348 g/mol. The molecule has 0 aliphatic rings. The summed E-state index contributed by atoms with van der Waals surface area (Å²) in [7, 11) is 0. The van der Waals surface area contributed by atoms with Crippen LogP contribution in [0.1, 0.15) is 53.4 Å². The fraction of sp³-hybridized carbons (Fsp3) is 0.455. The summed E-state index contributed by atoms with van der Waals surface area (Å²) in [5.41, 5.74) is 13.9. The van der Waals surface area contributed by atoms with E-state index in [1.807, 2.05) is 6.92 Å². The van der Waals surface area contributed by atoms with Crippen LogP contribution in [0.25, 0.3) is 0 Å². The fourth-order valence-electron chi connectivity index (χ4n) is 1.89. The highest BCUT2D eigenvalue weighted by Gasteiger charge is 2.03. The van der Waals surface area contributed by atoms with Crippen LogP contribution >= 0.6 is 0 Å². The molecule has 28 heavy (non-hydrogen) atoms. The van der Waals surface area contributed by atoms with Crippen LogP contribution in [0.3, 0.4) is 0 Å². The van der Waals surface area contributed by atoms with Crippen molar-refractivity contribution in [1.29, 1.82) is 0 Å². The number of nitrogens with one attached hydrogen (secondary N) is 4. The molecule has 0 atom stereocenters. The molecule has 6 nitrogen and oxygen atoms in total. The molecule has 0 amide bonds. The molecule has 0 saturated heterocycles. The van der Waals surface area contributed by atoms with E-state index in [4.69, 9.17) is 11.5 Å². The average Bonchev–Trinajstić information content (AvgIpc) is 2.66. The van der Waals surface area contributed by atoms with Crippen LogP contribution in [0.2, 0.25) is 0 Å². The van der Waals surface area contributed by atoms with Gasteiger partial charge in [-0.25, -0.2) is 0 Å². The Morgan fingerprint density at radius 2 is 1.36 bits per heavy atom. The number of nitrogens with two attached hydrogens (primary N) is 2. The second-order valence-corrected chi connectivity index (χ2v) is 6.27. The van der Waals surface area contributed by atoms with E-state index in [1.54, 1.807) is 0 Å². The lowest BCUT2D eigenvalue weighted by molar-refractivity contribution is 0.709. The van der Waals surface area contributed by atoms with Crippen LogP contribution in [0, 0.1) is 23.7 Å². The van der Waals surface area contributed by atoms with Gasteiger partial charge in [0.05, 0.1) is 11.6 Å². The van der Waals surface area contributed by atoms with Gasteiger partial charge in [-0.2, -0.15) is 0 Å². The molecule has 0 aliphatic carbocycles. The molecule has 0 unspecified atom stereocenters. The van der Waals surface area contributed by atoms with E-state index in [9.17, 15) is 0 Å². The van der Waals surface area contributed by atoms with Crippen molar-refractivity contribution in [2.75, 3.05) is 13.1 Å². The lowest BCUT2D eigenvalue weighted by Crippen LogP contribution is -2.31. The lowest BCUT2D eigenvalue weighted by Gasteiger charge is -2.17. The minimum Gasteiger partial charge on any atom is -0.386 e. The van der Waals surface area contributed by atoms with Gasteiger partial charge < -0.3 is 32.7 Å². The van der Waals surface area contributed by atoms with Crippen LogP contribution in [0.15, 0.2) is 47.6 Å². The molecule has 0 heterocycles. The molecule has 0 aliphatic heterocycles. The zero-order chi connectivity index (χ0) is 21.4. The Hall–Kier alpha value is -3.12. The zero-order valence-electron chi connectivity index (χ0n) is 17.8. The molecule has 0 bridgehead atoms. The Morgan fingerprint density at radius 3 is 1.86 bits per heavy atom. The van der Waals surface area contributed by atoms with Gasteiger partial charge >= 0.3 is 0 Å². The maximum Gasteiger partial charge on any atom is 0.103 e. The molecule has 8 N–H and O–H groups in total. The number of hydrogen-bond acceptors (Lipinski definition) is 6. The zero-order valence-corrected chi connectivity index (χ0v) is 17.8. The predicted octanol–water partition coefficient (Wildman–Crippen LogP) is 2.27. The van der Waals surface area contributed by atoms with Crippen molar-refractivity contribution in [2.45, 2.75) is 53.4 Å². The first kappa shape index (κ1) is 24.9. The van der Waals surface area contributed by atoms with Crippen molar-refractivity contribution in [3.05, 3.63) is 47.6 Å². The van der Waals surface area contributed by atoms with E-state index in [-0.39, 0.29) is 0 Å². The first-order chi connectivity index (χ1) is 13.3. The molecule has 0 fully saturated rings. The third-order valence-electron chi connectivity index (χ3n) is 3.90. The third kappa shape index (κ3) is 12.3. The molecule has 0 spiro atoms. The lowest BCUT2D eigenvalue weighted by atomic mass is 10.2. The van der Waals surface area contributed by atoms with E-state index >= 15 is 0 Å². The van der Waals surface area contributed by atoms with Crippen molar-refractivity contribution in [3.8, 4) is 23.7 Å². The standard InChI is InChI=1S/C22H36N6/c1-7-17(3)21(24)28-22(18(4)8-2)26-16-14-12-10-9-11-13-15-25-20(6)27-19(5)23/h25-28H,5-8,13-16,23-24H2,1-4H3/b21-17-,22-18+. The number of hydrogen-bond donors (Lipinski definition) is 6. The van der Waals surface area contributed by atoms with Gasteiger partial charge in [-0.1, -0.05) is 38.8 Å². The van der Waals surface area contributed by atoms with Crippen molar-refractivity contribution in [2.24, 2.45) is 11.5 Å². The van der Waals surface area contributed by atoms with E-state index in [2.05, 4.69) is 78.9 Å². The van der Waals surface area contributed by atoms with Crippen LogP contribution < -0.4 is 32.7 Å². The molecule has 0 rings (SSSR count). The van der Waals surface area contributed by atoms with E-state index in [0.717, 1.165) is 30.8 Å². The first-order valence-electron chi connectivity index (χ1n) is 9.57. The Labute approximate surface area is 171 Å². The molecule has 0 radical (unpaired) electrons. The summed E-state index contributed by atoms with van der Waals surface area (Å²) < 4.78 is 0. The average molecular weight is 385 g/mol. The summed E-state index contributed by atoms with van der Waals surface area (Å²) in [6, 6.07) is 0. The second kappa shape index (κ2) is 15.0. The van der Waals surface area contributed by atoms with Gasteiger partial charge in [-0.3, -0.25) is 0 Å². The Morgan fingerprint density at radius 1 is 0.821 bits per heavy atom. The predicted molar refractivity (Wildman–Crippen MR) is 120 cm³/mol. The topological polar surface area (TPSA) is 100 Å². The summed E-state index contributed by atoms with van der Waals surface area (Å²) in [5.74, 6) is 14.4. The van der Waals surface area contributed by atoms with Gasteiger partial charge in [0.2, 0.25) is 0 Å². The molecule has 6 heteroatoms. The highest BCUT2D eigenvalue weighted by Crippen LogP contribution is 2.06. The van der Waals surface area contributed by atoms with Gasteiger partial charge in [0.1, 0.15) is 11.6 Å². The third-order valence-corrected chi connectivity index (χ3v) is 3.90. The Balaban J connectivity index is 4.30. The van der Waals surface area contributed by atoms with E-state index in [0.29, 0.717) is 36.8 Å². The molecular formula is C22H36N6. The molecule has 0 aromatic heterocycles. The van der Waals surface area contributed by atoms with Crippen LogP contribution in [-0.4, -0.2) is 13.1 Å². The van der Waals surface area contributed by atoms with Crippen molar-refractivity contribution in [3.63, 3.8) is 0 Å². The Bertz CT molecular complexity index is 707. The highest BCUT2D eigenvalue weighted by molar-refractivity contribution is 5.26. The number of allylic oxidation sites excluding steroid dienone is 2. The molecule has 0 aromatic rings. The second-order valence-electron chi connectivity index (χ2n) is 6.27. The van der Waals surface area contributed by atoms with Crippen molar-refractivity contribution >= 4 is 0 Å². The van der Waals surface area contributed by atoms with Gasteiger partial charge in [0, 0.05) is 25.9 Å².